The number of aromatic nitrogens is 1. The zero-order chi connectivity index (χ0) is 17.5. The highest BCUT2D eigenvalue weighted by atomic mass is 16.7. The maximum Gasteiger partial charge on any atom is 0.516 e. The zero-order valence-electron chi connectivity index (χ0n) is 14.9. The molecule has 1 N–H and O–H groups in total. The lowest BCUT2D eigenvalue weighted by Crippen LogP contribution is -2.41. The van der Waals surface area contributed by atoms with Crippen LogP contribution >= 0.6 is 0 Å². The van der Waals surface area contributed by atoms with Gasteiger partial charge in [0.15, 0.2) is 0 Å². The van der Waals surface area contributed by atoms with Crippen LogP contribution < -0.4 is 10.9 Å². The van der Waals surface area contributed by atoms with Crippen LogP contribution in [-0.2, 0) is 14.0 Å². The molecule has 0 aromatic carbocycles. The van der Waals surface area contributed by atoms with E-state index in [1.807, 2.05) is 48.5 Å². The number of amides is 1. The Labute approximate surface area is 138 Å². The molecule has 1 aliphatic rings. The molecule has 6 nitrogen and oxygen atoms in total. The average molecular weight is 320 g/mol. The molecule has 1 aromatic rings. The second kappa shape index (κ2) is 5.80. The Bertz CT molecular complexity index is 580. The number of anilines is 1. The summed E-state index contributed by atoms with van der Waals surface area (Å²) >= 11 is 0. The quantitative estimate of drug-likeness (QED) is 0.849. The lowest BCUT2D eigenvalue weighted by atomic mass is 9.83. The Kier molecular flexibility index (Phi) is 4.48. The van der Waals surface area contributed by atoms with Gasteiger partial charge in [-0.2, -0.15) is 0 Å². The summed E-state index contributed by atoms with van der Waals surface area (Å²) in [5, 5.41) is 2.72. The monoisotopic (exact) mass is 320 g/mol. The second-order valence-electron chi connectivity index (χ2n) is 7.65. The Morgan fingerprint density at radius 2 is 1.78 bits per heavy atom. The highest BCUT2D eigenvalue weighted by molar-refractivity contribution is 6.63. The smallest absolute Gasteiger partial charge is 0.444 e. The van der Waals surface area contributed by atoms with Gasteiger partial charge in [-0.05, 0) is 60.6 Å². The predicted molar refractivity (Wildman–Crippen MR) is 89.8 cm³/mol. The molecule has 0 bridgehead atoms. The van der Waals surface area contributed by atoms with E-state index in [0.717, 1.165) is 0 Å². The molecule has 23 heavy (non-hydrogen) atoms. The normalized spacial score (nSPS) is 19.5. The third-order valence-electron chi connectivity index (χ3n) is 3.95. The summed E-state index contributed by atoms with van der Waals surface area (Å²) in [5.41, 5.74) is -0.481. The van der Waals surface area contributed by atoms with Crippen molar-refractivity contribution in [2.24, 2.45) is 0 Å². The van der Waals surface area contributed by atoms with Crippen molar-refractivity contribution in [3.05, 3.63) is 18.3 Å². The van der Waals surface area contributed by atoms with Crippen LogP contribution in [0.2, 0.25) is 0 Å². The molecule has 0 unspecified atom stereocenters. The molecular formula is C16H25BN2O4. The van der Waals surface area contributed by atoms with Crippen molar-refractivity contribution in [2.75, 3.05) is 5.32 Å². The number of nitrogens with one attached hydrogen (secondary N) is 1. The molecule has 1 aliphatic heterocycles. The number of ether oxygens (including phenoxy) is 1. The van der Waals surface area contributed by atoms with E-state index >= 15 is 0 Å². The topological polar surface area (TPSA) is 69.7 Å². The van der Waals surface area contributed by atoms with Crippen molar-refractivity contribution in [1.29, 1.82) is 0 Å². The van der Waals surface area contributed by atoms with Gasteiger partial charge in [-0.3, -0.25) is 10.3 Å². The van der Waals surface area contributed by atoms with Crippen molar-refractivity contribution in [3.63, 3.8) is 0 Å². The fourth-order valence-corrected chi connectivity index (χ4v) is 2.08. The Balaban J connectivity index is 2.21. The first-order valence-corrected chi connectivity index (χ1v) is 7.72. The van der Waals surface area contributed by atoms with Gasteiger partial charge < -0.3 is 14.0 Å². The zero-order valence-corrected chi connectivity index (χ0v) is 14.9. The molecule has 0 saturated carbocycles. The summed E-state index contributed by atoms with van der Waals surface area (Å²) < 4.78 is 17.3. The summed E-state index contributed by atoms with van der Waals surface area (Å²) in [7, 11) is -0.647. The first-order chi connectivity index (χ1) is 10.4. The van der Waals surface area contributed by atoms with Gasteiger partial charge in [0.2, 0.25) is 0 Å². The molecule has 126 valence electrons. The van der Waals surface area contributed by atoms with Crippen LogP contribution in [0.25, 0.3) is 0 Å². The lowest BCUT2D eigenvalue weighted by Gasteiger charge is -2.32. The number of pyridine rings is 1. The largest absolute Gasteiger partial charge is 0.516 e. The van der Waals surface area contributed by atoms with Gasteiger partial charge in [-0.15, -0.1) is 0 Å². The van der Waals surface area contributed by atoms with Gasteiger partial charge in [0.25, 0.3) is 0 Å². The van der Waals surface area contributed by atoms with Gasteiger partial charge in [0.1, 0.15) is 5.60 Å². The molecule has 2 heterocycles. The molecule has 1 fully saturated rings. The maximum absolute atomic E-state index is 12.0. The van der Waals surface area contributed by atoms with Crippen molar-refractivity contribution in [1.82, 2.24) is 4.98 Å². The van der Waals surface area contributed by atoms with Crippen LogP contribution in [0, 0.1) is 0 Å². The van der Waals surface area contributed by atoms with Crippen LogP contribution in [0.3, 0.4) is 0 Å². The summed E-state index contributed by atoms with van der Waals surface area (Å²) in [5.74, 6) is 0. The molecule has 0 aliphatic carbocycles. The fourth-order valence-electron chi connectivity index (χ4n) is 2.08. The molecule has 1 amide bonds. The van der Waals surface area contributed by atoms with Crippen LogP contribution in [0.15, 0.2) is 18.3 Å². The summed E-state index contributed by atoms with van der Waals surface area (Å²) in [4.78, 5) is 16.3. The minimum absolute atomic E-state index is 0.474. The van der Waals surface area contributed by atoms with Crippen LogP contribution in [0.4, 0.5) is 10.5 Å². The van der Waals surface area contributed by atoms with Gasteiger partial charge in [0, 0.05) is 6.20 Å². The van der Waals surface area contributed by atoms with Gasteiger partial charge >= 0.3 is 13.2 Å². The lowest BCUT2D eigenvalue weighted by molar-refractivity contribution is 0.00578. The van der Waals surface area contributed by atoms with Gasteiger partial charge in [-0.1, -0.05) is 0 Å². The molecule has 0 atom stereocenters. The molecule has 2 rings (SSSR count). The van der Waals surface area contributed by atoms with E-state index in [-0.39, 0.29) is 0 Å². The van der Waals surface area contributed by atoms with E-state index in [2.05, 4.69) is 10.3 Å². The third kappa shape index (κ3) is 4.03. The summed E-state index contributed by atoms with van der Waals surface area (Å²) in [6.07, 6.45) is 1.10. The summed E-state index contributed by atoms with van der Waals surface area (Å²) in [6.45, 7) is 13.3. The number of rotatable bonds is 2. The van der Waals surface area contributed by atoms with Crippen molar-refractivity contribution >= 4 is 24.5 Å². The first-order valence-electron chi connectivity index (χ1n) is 7.72. The van der Waals surface area contributed by atoms with Crippen LogP contribution in [0.1, 0.15) is 48.5 Å². The standard InChI is InChI=1S/C16H25BN2O4/c1-14(2,3)21-13(20)19-11-9-8-10-18-12(11)17-22-15(4,5)16(6,7)23-17/h8-10H,1-7H3,(H,19,20). The number of carbonyl (C=O) groups is 1. The van der Waals surface area contributed by atoms with E-state index in [1.165, 1.54) is 0 Å². The molecule has 1 aromatic heterocycles. The minimum atomic E-state index is -0.647. The molecule has 0 spiro atoms. The molecule has 0 radical (unpaired) electrons. The van der Waals surface area contributed by atoms with Crippen molar-refractivity contribution in [2.45, 2.75) is 65.3 Å². The summed E-state index contributed by atoms with van der Waals surface area (Å²) in [6, 6.07) is 3.48. The maximum atomic E-state index is 12.0. The SMILES string of the molecule is CC(C)(C)OC(=O)Nc1cccnc1B1OC(C)(C)C(C)(C)O1. The first kappa shape index (κ1) is 17.8. The van der Waals surface area contributed by atoms with Crippen LogP contribution in [0.5, 0.6) is 0 Å². The number of nitrogens with zero attached hydrogens (tertiary/aromatic N) is 1. The Hall–Kier alpha value is -1.60. The number of hydrogen-bond acceptors (Lipinski definition) is 5. The Morgan fingerprint density at radius 3 is 2.30 bits per heavy atom. The van der Waals surface area contributed by atoms with Gasteiger partial charge in [-0.25, -0.2) is 4.79 Å². The predicted octanol–water partition coefficient (Wildman–Crippen LogP) is 2.73. The Morgan fingerprint density at radius 1 is 1.22 bits per heavy atom. The van der Waals surface area contributed by atoms with E-state index in [1.54, 1.807) is 18.3 Å². The highest BCUT2D eigenvalue weighted by Crippen LogP contribution is 2.36. The van der Waals surface area contributed by atoms with Crippen molar-refractivity contribution in [3.8, 4) is 0 Å². The van der Waals surface area contributed by atoms with Crippen LogP contribution in [-0.4, -0.2) is 35.0 Å². The fraction of sp³-hybridized carbons (Fsp3) is 0.625. The van der Waals surface area contributed by atoms with Gasteiger partial charge in [0.05, 0.1) is 22.5 Å². The van der Waals surface area contributed by atoms with Crippen molar-refractivity contribution < 1.29 is 18.8 Å². The van der Waals surface area contributed by atoms with E-state index in [0.29, 0.717) is 11.3 Å². The average Bonchev–Trinajstić information content (AvgIpc) is 2.56. The molecule has 1 saturated heterocycles. The van der Waals surface area contributed by atoms with E-state index < -0.39 is 30.0 Å². The minimum Gasteiger partial charge on any atom is -0.444 e. The molecular weight excluding hydrogens is 295 g/mol. The third-order valence-corrected chi connectivity index (χ3v) is 3.95. The second-order valence-corrected chi connectivity index (χ2v) is 7.65. The highest BCUT2D eigenvalue weighted by Gasteiger charge is 2.53. The van der Waals surface area contributed by atoms with E-state index in [9.17, 15) is 4.79 Å². The number of hydrogen-bond donors (Lipinski definition) is 1. The number of carbonyl (C=O) groups excluding carboxylic acids is 1. The molecule has 7 heteroatoms. The van der Waals surface area contributed by atoms with E-state index in [4.69, 9.17) is 14.0 Å².